The molecule has 0 aromatic heterocycles. The molecule has 0 aliphatic heterocycles. The van der Waals surface area contributed by atoms with Crippen LogP contribution in [-0.4, -0.2) is 26.9 Å². The molecule has 0 aromatic carbocycles. The Hall–Kier alpha value is -0.860. The van der Waals surface area contributed by atoms with Crippen LogP contribution in [-0.2, 0) is 9.47 Å². The Morgan fingerprint density at radius 1 is 1.31 bits per heavy atom. The summed E-state index contributed by atoms with van der Waals surface area (Å²) < 4.78 is 10.2. The lowest BCUT2D eigenvalue weighted by molar-refractivity contribution is 0.0823. The molecule has 0 saturated carbocycles. The maximum Gasteiger partial charge on any atom is 0.0704 e. The van der Waals surface area contributed by atoms with Gasteiger partial charge in [0.15, 0.2) is 0 Å². The maximum absolute atomic E-state index is 5.31. The minimum Gasteiger partial charge on any atom is -0.382 e. The van der Waals surface area contributed by atoms with Crippen molar-refractivity contribution in [1.82, 2.24) is 0 Å². The number of hydrogen-bond donors (Lipinski definition) is 0. The van der Waals surface area contributed by atoms with Crippen molar-refractivity contribution in [2.24, 2.45) is 0 Å². The van der Waals surface area contributed by atoms with Gasteiger partial charge in [-0.2, -0.15) is 0 Å². The van der Waals surface area contributed by atoms with Crippen molar-refractivity contribution in [3.63, 3.8) is 0 Å². The number of ether oxygens (including phenoxy) is 2. The Labute approximate surface area is 80.5 Å². The molecular formula is C11H18O2. The highest BCUT2D eigenvalue weighted by molar-refractivity contribution is 5.14. The Bertz CT molecular complexity index is 181. The quantitative estimate of drug-likeness (QED) is 0.444. The third-order valence-corrected chi connectivity index (χ3v) is 1.39. The largest absolute Gasteiger partial charge is 0.382 e. The van der Waals surface area contributed by atoms with E-state index in [1.165, 1.54) is 5.57 Å². The maximum atomic E-state index is 5.31. The zero-order chi connectivity index (χ0) is 9.94. The molecule has 13 heavy (non-hydrogen) atoms. The third-order valence-electron chi connectivity index (χ3n) is 1.39. The first-order chi connectivity index (χ1) is 6.31. The molecule has 0 heterocycles. The summed E-state index contributed by atoms with van der Waals surface area (Å²) in [6.45, 7) is 7.56. The van der Waals surface area contributed by atoms with Gasteiger partial charge >= 0.3 is 0 Å². The number of allylic oxidation sites excluding steroid dienone is 4. The van der Waals surface area contributed by atoms with Crippen LogP contribution in [0.25, 0.3) is 0 Å². The van der Waals surface area contributed by atoms with E-state index in [-0.39, 0.29) is 0 Å². The van der Waals surface area contributed by atoms with Gasteiger partial charge in [-0.25, -0.2) is 0 Å². The van der Waals surface area contributed by atoms with Crippen LogP contribution in [0, 0.1) is 0 Å². The van der Waals surface area contributed by atoms with Gasteiger partial charge in [-0.1, -0.05) is 30.9 Å². The fourth-order valence-corrected chi connectivity index (χ4v) is 0.722. The summed E-state index contributed by atoms with van der Waals surface area (Å²) in [5, 5.41) is 0. The molecule has 0 aliphatic carbocycles. The van der Waals surface area contributed by atoms with Gasteiger partial charge in [0.1, 0.15) is 0 Å². The van der Waals surface area contributed by atoms with Gasteiger partial charge in [0.2, 0.25) is 0 Å². The van der Waals surface area contributed by atoms with Crippen molar-refractivity contribution in [2.75, 3.05) is 26.9 Å². The molecule has 0 rings (SSSR count). The predicted molar refractivity (Wildman–Crippen MR) is 55.8 cm³/mol. The summed E-state index contributed by atoms with van der Waals surface area (Å²) in [6.07, 6.45) is 7.59. The smallest absolute Gasteiger partial charge is 0.0704 e. The van der Waals surface area contributed by atoms with Crippen LogP contribution >= 0.6 is 0 Å². The molecule has 0 fully saturated rings. The standard InChI is InChI=1S/C11H18O2/c1-4-5-6-7-11(2)10-13-9-8-12-3/h4-7H,1,8-10H2,2-3H3/b6-5-,11-7+. The van der Waals surface area contributed by atoms with Gasteiger partial charge in [-0.15, -0.1) is 0 Å². The van der Waals surface area contributed by atoms with Crippen molar-refractivity contribution in [3.05, 3.63) is 36.5 Å². The van der Waals surface area contributed by atoms with Gasteiger partial charge in [0.25, 0.3) is 0 Å². The average Bonchev–Trinajstić information content (AvgIpc) is 2.13. The van der Waals surface area contributed by atoms with E-state index in [1.807, 2.05) is 25.2 Å². The third kappa shape index (κ3) is 9.05. The van der Waals surface area contributed by atoms with Crippen LogP contribution in [0.1, 0.15) is 6.92 Å². The van der Waals surface area contributed by atoms with Crippen LogP contribution < -0.4 is 0 Å². The highest BCUT2D eigenvalue weighted by Crippen LogP contribution is 1.94. The fourth-order valence-electron chi connectivity index (χ4n) is 0.722. The minimum absolute atomic E-state index is 0.646. The molecular weight excluding hydrogens is 164 g/mol. The lowest BCUT2D eigenvalue weighted by atomic mass is 10.3. The molecule has 2 heteroatoms. The van der Waals surface area contributed by atoms with E-state index >= 15 is 0 Å². The lowest BCUT2D eigenvalue weighted by Gasteiger charge is -2.02. The molecule has 0 unspecified atom stereocenters. The second-order valence-electron chi connectivity index (χ2n) is 2.68. The van der Waals surface area contributed by atoms with Crippen molar-refractivity contribution in [1.29, 1.82) is 0 Å². The molecule has 0 radical (unpaired) electrons. The van der Waals surface area contributed by atoms with Crippen molar-refractivity contribution in [3.8, 4) is 0 Å². The minimum atomic E-state index is 0.646. The van der Waals surface area contributed by atoms with E-state index in [1.54, 1.807) is 13.2 Å². The first-order valence-corrected chi connectivity index (χ1v) is 4.32. The van der Waals surface area contributed by atoms with Crippen LogP contribution in [0.3, 0.4) is 0 Å². The van der Waals surface area contributed by atoms with Crippen LogP contribution in [0.4, 0.5) is 0 Å². The van der Waals surface area contributed by atoms with Gasteiger partial charge in [0, 0.05) is 7.11 Å². The Morgan fingerprint density at radius 3 is 2.69 bits per heavy atom. The SMILES string of the molecule is C=C/C=C\C=C(/C)COCCOC. The summed E-state index contributed by atoms with van der Waals surface area (Å²) >= 11 is 0. The van der Waals surface area contributed by atoms with Gasteiger partial charge in [0.05, 0.1) is 19.8 Å². The van der Waals surface area contributed by atoms with Gasteiger partial charge < -0.3 is 9.47 Å². The summed E-state index contributed by atoms with van der Waals surface area (Å²) in [5.41, 5.74) is 1.19. The van der Waals surface area contributed by atoms with Crippen LogP contribution in [0.15, 0.2) is 36.5 Å². The molecule has 2 nitrogen and oxygen atoms in total. The van der Waals surface area contributed by atoms with E-state index in [0.717, 1.165) is 0 Å². The van der Waals surface area contributed by atoms with Crippen LogP contribution in [0.2, 0.25) is 0 Å². The molecule has 0 bridgehead atoms. The van der Waals surface area contributed by atoms with E-state index in [0.29, 0.717) is 19.8 Å². The lowest BCUT2D eigenvalue weighted by Crippen LogP contribution is -2.03. The van der Waals surface area contributed by atoms with Gasteiger partial charge in [-0.3, -0.25) is 0 Å². The normalized spacial score (nSPS) is 12.3. The molecule has 0 saturated heterocycles. The Morgan fingerprint density at radius 2 is 2.08 bits per heavy atom. The highest BCUT2D eigenvalue weighted by atomic mass is 16.5. The zero-order valence-electron chi connectivity index (χ0n) is 8.45. The predicted octanol–water partition coefficient (Wildman–Crippen LogP) is 2.34. The topological polar surface area (TPSA) is 18.5 Å². The summed E-state index contributed by atoms with van der Waals surface area (Å²) in [6, 6.07) is 0. The van der Waals surface area contributed by atoms with E-state index in [4.69, 9.17) is 9.47 Å². The molecule has 0 spiro atoms. The molecule has 0 aliphatic rings. The molecule has 0 amide bonds. The average molecular weight is 182 g/mol. The second kappa shape index (κ2) is 9.23. The highest BCUT2D eigenvalue weighted by Gasteiger charge is 1.88. The number of rotatable bonds is 7. The Kier molecular flexibility index (Phi) is 8.62. The van der Waals surface area contributed by atoms with Crippen LogP contribution in [0.5, 0.6) is 0 Å². The zero-order valence-corrected chi connectivity index (χ0v) is 8.45. The molecule has 0 aromatic rings. The first kappa shape index (κ1) is 12.1. The van der Waals surface area contributed by atoms with E-state index in [2.05, 4.69) is 6.58 Å². The molecule has 0 N–H and O–H groups in total. The number of methoxy groups -OCH3 is 1. The second-order valence-corrected chi connectivity index (χ2v) is 2.68. The molecule has 74 valence electrons. The van der Waals surface area contributed by atoms with Crippen molar-refractivity contribution < 1.29 is 9.47 Å². The Balaban J connectivity index is 3.48. The number of hydrogen-bond acceptors (Lipinski definition) is 2. The van der Waals surface area contributed by atoms with Crippen molar-refractivity contribution >= 4 is 0 Å². The molecule has 0 atom stereocenters. The summed E-state index contributed by atoms with van der Waals surface area (Å²) in [5.74, 6) is 0. The van der Waals surface area contributed by atoms with Crippen molar-refractivity contribution in [2.45, 2.75) is 6.92 Å². The van der Waals surface area contributed by atoms with E-state index in [9.17, 15) is 0 Å². The van der Waals surface area contributed by atoms with Gasteiger partial charge in [-0.05, 0) is 12.5 Å². The van der Waals surface area contributed by atoms with E-state index < -0.39 is 0 Å². The monoisotopic (exact) mass is 182 g/mol. The first-order valence-electron chi connectivity index (χ1n) is 4.32. The fraction of sp³-hybridized carbons (Fsp3) is 0.455. The summed E-state index contributed by atoms with van der Waals surface area (Å²) in [7, 11) is 1.67. The summed E-state index contributed by atoms with van der Waals surface area (Å²) in [4.78, 5) is 0.